The standard InChI is InChI=1S/C24H32N2O/c1-6-7-8-9-14-27-22-15-21(17(4)5)26-24-19(22)12-10-18-11-13-20(16(2)3)25-23(18)24/h10-13,15-17H,6-9,14H2,1-5H3. The summed E-state index contributed by atoms with van der Waals surface area (Å²) in [6.45, 7) is 11.7. The molecule has 1 aromatic carbocycles. The maximum atomic E-state index is 6.22. The number of unbranched alkanes of at least 4 members (excludes halogenated alkanes) is 3. The monoisotopic (exact) mass is 364 g/mol. The number of pyridine rings is 2. The van der Waals surface area contributed by atoms with Crippen LogP contribution in [0, 0.1) is 0 Å². The van der Waals surface area contributed by atoms with E-state index in [1.54, 1.807) is 0 Å². The van der Waals surface area contributed by atoms with Crippen LogP contribution in [-0.2, 0) is 0 Å². The second-order valence-electron chi connectivity index (χ2n) is 8.03. The van der Waals surface area contributed by atoms with Crippen LogP contribution in [0.2, 0.25) is 0 Å². The molecule has 0 unspecified atom stereocenters. The highest BCUT2D eigenvalue weighted by atomic mass is 16.5. The molecule has 0 N–H and O–H groups in total. The third-order valence-electron chi connectivity index (χ3n) is 5.08. The highest BCUT2D eigenvalue weighted by Gasteiger charge is 2.14. The number of hydrogen-bond acceptors (Lipinski definition) is 3. The summed E-state index contributed by atoms with van der Waals surface area (Å²) < 4.78 is 6.22. The number of rotatable bonds is 8. The van der Waals surface area contributed by atoms with Crippen LogP contribution in [0.15, 0.2) is 30.3 Å². The van der Waals surface area contributed by atoms with E-state index in [9.17, 15) is 0 Å². The molecule has 0 saturated carbocycles. The Balaban J connectivity index is 2.08. The van der Waals surface area contributed by atoms with Crippen LogP contribution >= 0.6 is 0 Å². The van der Waals surface area contributed by atoms with Gasteiger partial charge in [0.15, 0.2) is 0 Å². The van der Waals surface area contributed by atoms with Crippen LogP contribution in [0.4, 0.5) is 0 Å². The van der Waals surface area contributed by atoms with Crippen LogP contribution in [0.5, 0.6) is 5.75 Å². The van der Waals surface area contributed by atoms with E-state index in [1.165, 1.54) is 19.3 Å². The van der Waals surface area contributed by atoms with Gasteiger partial charge >= 0.3 is 0 Å². The number of benzene rings is 1. The van der Waals surface area contributed by atoms with Crippen molar-refractivity contribution in [2.45, 2.75) is 72.1 Å². The second-order valence-corrected chi connectivity index (χ2v) is 8.03. The Labute approximate surface area is 163 Å². The lowest BCUT2D eigenvalue weighted by Gasteiger charge is -2.15. The lowest BCUT2D eigenvalue weighted by Crippen LogP contribution is -2.02. The molecule has 0 atom stereocenters. The molecule has 0 saturated heterocycles. The third-order valence-corrected chi connectivity index (χ3v) is 5.08. The first-order valence-electron chi connectivity index (χ1n) is 10.4. The summed E-state index contributed by atoms with van der Waals surface area (Å²) in [5, 5.41) is 2.20. The smallest absolute Gasteiger partial charge is 0.130 e. The van der Waals surface area contributed by atoms with Gasteiger partial charge in [-0.15, -0.1) is 0 Å². The van der Waals surface area contributed by atoms with E-state index in [2.05, 4.69) is 65.0 Å². The molecule has 27 heavy (non-hydrogen) atoms. The van der Waals surface area contributed by atoms with Crippen LogP contribution in [0.1, 0.15) is 83.5 Å². The number of fused-ring (bicyclic) bond motifs is 3. The van der Waals surface area contributed by atoms with Gasteiger partial charge in [-0.05, 0) is 30.4 Å². The molecule has 0 aliphatic heterocycles. The lowest BCUT2D eigenvalue weighted by molar-refractivity contribution is 0.308. The Kier molecular flexibility index (Phi) is 6.30. The van der Waals surface area contributed by atoms with Crippen molar-refractivity contribution >= 4 is 21.8 Å². The molecule has 0 radical (unpaired) electrons. The highest BCUT2D eigenvalue weighted by Crippen LogP contribution is 2.33. The minimum Gasteiger partial charge on any atom is -0.493 e. The van der Waals surface area contributed by atoms with Gasteiger partial charge in [0.1, 0.15) is 11.3 Å². The van der Waals surface area contributed by atoms with E-state index in [-0.39, 0.29) is 0 Å². The molecule has 3 nitrogen and oxygen atoms in total. The Hall–Kier alpha value is -2.16. The first kappa shape index (κ1) is 19.6. The molecule has 0 bridgehead atoms. The average molecular weight is 365 g/mol. The van der Waals surface area contributed by atoms with Gasteiger partial charge in [-0.1, -0.05) is 66.0 Å². The van der Waals surface area contributed by atoms with E-state index in [0.29, 0.717) is 11.8 Å². The molecule has 0 amide bonds. The molecule has 144 valence electrons. The van der Waals surface area contributed by atoms with Gasteiger partial charge in [-0.2, -0.15) is 0 Å². The van der Waals surface area contributed by atoms with Gasteiger partial charge < -0.3 is 4.74 Å². The van der Waals surface area contributed by atoms with Crippen molar-refractivity contribution in [2.75, 3.05) is 6.61 Å². The van der Waals surface area contributed by atoms with Crippen molar-refractivity contribution in [1.29, 1.82) is 0 Å². The van der Waals surface area contributed by atoms with Crippen LogP contribution in [0.25, 0.3) is 21.8 Å². The number of aromatic nitrogens is 2. The number of ether oxygens (including phenoxy) is 1. The zero-order chi connectivity index (χ0) is 19.4. The molecular formula is C24H32N2O. The fourth-order valence-electron chi connectivity index (χ4n) is 3.32. The van der Waals surface area contributed by atoms with Crippen molar-refractivity contribution < 1.29 is 4.74 Å². The first-order valence-corrected chi connectivity index (χ1v) is 10.4. The van der Waals surface area contributed by atoms with Gasteiger partial charge in [0.2, 0.25) is 0 Å². The van der Waals surface area contributed by atoms with E-state index in [0.717, 1.165) is 52.0 Å². The fraction of sp³-hybridized carbons (Fsp3) is 0.500. The van der Waals surface area contributed by atoms with Crippen LogP contribution in [0.3, 0.4) is 0 Å². The normalized spacial score (nSPS) is 11.8. The molecule has 0 fully saturated rings. The molecule has 0 spiro atoms. The number of hydrogen-bond donors (Lipinski definition) is 0. The fourth-order valence-corrected chi connectivity index (χ4v) is 3.32. The van der Waals surface area contributed by atoms with Crippen molar-refractivity contribution in [3.05, 3.63) is 41.7 Å². The van der Waals surface area contributed by atoms with Crippen LogP contribution in [-0.4, -0.2) is 16.6 Å². The number of nitrogens with zero attached hydrogens (tertiary/aromatic N) is 2. The topological polar surface area (TPSA) is 35.0 Å². The molecular weight excluding hydrogens is 332 g/mol. The van der Waals surface area contributed by atoms with Crippen molar-refractivity contribution in [3.8, 4) is 5.75 Å². The summed E-state index contributed by atoms with van der Waals surface area (Å²) in [5.74, 6) is 1.69. The van der Waals surface area contributed by atoms with Gasteiger partial charge in [-0.3, -0.25) is 4.98 Å². The maximum absolute atomic E-state index is 6.22. The van der Waals surface area contributed by atoms with Gasteiger partial charge in [0, 0.05) is 28.2 Å². The summed E-state index contributed by atoms with van der Waals surface area (Å²) >= 11 is 0. The minimum atomic E-state index is 0.348. The van der Waals surface area contributed by atoms with E-state index < -0.39 is 0 Å². The van der Waals surface area contributed by atoms with E-state index in [1.807, 2.05) is 0 Å². The van der Waals surface area contributed by atoms with Crippen LogP contribution < -0.4 is 4.74 Å². The summed E-state index contributed by atoms with van der Waals surface area (Å²) in [5.41, 5.74) is 4.12. The average Bonchev–Trinajstić information content (AvgIpc) is 2.66. The molecule has 2 heterocycles. The molecule has 0 aliphatic carbocycles. The third kappa shape index (κ3) is 4.40. The highest BCUT2D eigenvalue weighted by molar-refractivity contribution is 6.05. The first-order chi connectivity index (χ1) is 13.0. The zero-order valence-corrected chi connectivity index (χ0v) is 17.4. The molecule has 0 aliphatic rings. The van der Waals surface area contributed by atoms with Crippen molar-refractivity contribution in [2.24, 2.45) is 0 Å². The summed E-state index contributed by atoms with van der Waals surface area (Å²) in [6, 6.07) is 10.7. The molecule has 3 heteroatoms. The maximum Gasteiger partial charge on any atom is 0.130 e. The van der Waals surface area contributed by atoms with E-state index >= 15 is 0 Å². The Morgan fingerprint density at radius 2 is 1.52 bits per heavy atom. The van der Waals surface area contributed by atoms with Gasteiger partial charge in [0.25, 0.3) is 0 Å². The molecule has 3 aromatic rings. The minimum absolute atomic E-state index is 0.348. The Morgan fingerprint density at radius 3 is 2.22 bits per heavy atom. The van der Waals surface area contributed by atoms with Crippen molar-refractivity contribution in [3.63, 3.8) is 0 Å². The summed E-state index contributed by atoms with van der Waals surface area (Å²) in [4.78, 5) is 9.93. The summed E-state index contributed by atoms with van der Waals surface area (Å²) in [7, 11) is 0. The lowest BCUT2D eigenvalue weighted by atomic mass is 10.0. The predicted molar refractivity (Wildman–Crippen MR) is 115 cm³/mol. The second kappa shape index (κ2) is 8.69. The largest absolute Gasteiger partial charge is 0.493 e. The van der Waals surface area contributed by atoms with Gasteiger partial charge in [-0.25, -0.2) is 4.98 Å². The Morgan fingerprint density at radius 1 is 0.815 bits per heavy atom. The zero-order valence-electron chi connectivity index (χ0n) is 17.4. The predicted octanol–water partition coefficient (Wildman–Crippen LogP) is 6.99. The Bertz CT molecular complexity index is 915. The molecule has 2 aromatic heterocycles. The quantitative estimate of drug-likeness (QED) is 0.319. The van der Waals surface area contributed by atoms with Gasteiger partial charge in [0.05, 0.1) is 12.1 Å². The van der Waals surface area contributed by atoms with Crippen molar-refractivity contribution in [1.82, 2.24) is 9.97 Å². The van der Waals surface area contributed by atoms with E-state index in [4.69, 9.17) is 14.7 Å². The summed E-state index contributed by atoms with van der Waals surface area (Å²) in [6.07, 6.45) is 4.83. The molecule has 3 rings (SSSR count). The SMILES string of the molecule is CCCCCCOc1cc(C(C)C)nc2c1ccc1ccc(C(C)C)nc12.